The van der Waals surface area contributed by atoms with E-state index < -0.39 is 0 Å². The molecular formula is C30H16BNS2. The second kappa shape index (κ2) is 6.72. The highest BCUT2D eigenvalue weighted by atomic mass is 32.1. The van der Waals surface area contributed by atoms with Crippen LogP contribution in [0.25, 0.3) is 67.8 Å². The molecule has 1 nitrogen and oxygen atoms in total. The minimum Gasteiger partial charge on any atom is -0.309 e. The van der Waals surface area contributed by atoms with Crippen molar-refractivity contribution >= 4 is 98.1 Å². The van der Waals surface area contributed by atoms with Crippen LogP contribution in [-0.4, -0.2) is 12.4 Å². The third-order valence-corrected chi connectivity index (χ3v) is 9.37. The van der Waals surface area contributed by atoms with Crippen molar-refractivity contribution < 1.29 is 0 Å². The molecular weight excluding hydrogens is 449 g/mol. The van der Waals surface area contributed by atoms with Crippen LogP contribution in [0.2, 0.25) is 0 Å². The zero-order valence-electron chi connectivity index (χ0n) is 18.1. The molecule has 0 aliphatic rings. The topological polar surface area (TPSA) is 4.93 Å². The van der Waals surface area contributed by atoms with Gasteiger partial charge in [-0.2, -0.15) is 0 Å². The van der Waals surface area contributed by atoms with Gasteiger partial charge in [0, 0.05) is 56.8 Å². The van der Waals surface area contributed by atoms with Gasteiger partial charge in [-0.3, -0.25) is 0 Å². The molecule has 3 heterocycles. The maximum absolute atomic E-state index is 6.66. The number of aromatic nitrogens is 1. The molecule has 0 aliphatic carbocycles. The maximum Gasteiger partial charge on any atom is 0.115 e. The summed E-state index contributed by atoms with van der Waals surface area (Å²) in [6.45, 7) is 0. The van der Waals surface area contributed by atoms with E-state index in [9.17, 15) is 0 Å². The van der Waals surface area contributed by atoms with Crippen LogP contribution < -0.4 is 5.46 Å². The summed E-state index contributed by atoms with van der Waals surface area (Å²) >= 11 is 3.66. The van der Waals surface area contributed by atoms with Crippen LogP contribution >= 0.6 is 22.7 Å². The van der Waals surface area contributed by atoms with Crippen LogP contribution in [0.15, 0.2) is 97.1 Å². The van der Waals surface area contributed by atoms with Gasteiger partial charge < -0.3 is 4.57 Å². The van der Waals surface area contributed by atoms with Gasteiger partial charge in [-0.05, 0) is 36.4 Å². The molecule has 0 saturated carbocycles. The number of nitrogens with zero attached hydrogens (tertiary/aromatic N) is 1. The fourth-order valence-corrected chi connectivity index (χ4v) is 7.85. The van der Waals surface area contributed by atoms with E-state index in [0.29, 0.717) is 0 Å². The lowest BCUT2D eigenvalue weighted by molar-refractivity contribution is 1.19. The zero-order valence-corrected chi connectivity index (χ0v) is 19.7. The SMILES string of the molecule is [B]c1cc(-n2c3ccccc3c3c4sc5ccccc5c4ccc32)cc2c1sc1ccccc12. The Morgan fingerprint density at radius 3 is 1.97 bits per heavy atom. The Labute approximate surface area is 204 Å². The predicted molar refractivity (Wildman–Crippen MR) is 152 cm³/mol. The molecule has 156 valence electrons. The van der Waals surface area contributed by atoms with Crippen LogP contribution in [0, 0.1) is 0 Å². The summed E-state index contributed by atoms with van der Waals surface area (Å²) < 4.78 is 7.51. The Bertz CT molecular complexity index is 2090. The van der Waals surface area contributed by atoms with E-state index in [1.807, 2.05) is 11.3 Å². The summed E-state index contributed by atoms with van der Waals surface area (Å²) in [6.07, 6.45) is 0. The Kier molecular flexibility index (Phi) is 3.72. The minimum absolute atomic E-state index is 0.836. The summed E-state index contributed by atoms with van der Waals surface area (Å²) in [7, 11) is 6.66. The second-order valence-corrected chi connectivity index (χ2v) is 10.9. The summed E-state index contributed by atoms with van der Waals surface area (Å²) in [5.41, 5.74) is 4.38. The first-order valence-corrected chi connectivity index (χ1v) is 13.0. The summed E-state index contributed by atoms with van der Waals surface area (Å²) in [5.74, 6) is 0. The van der Waals surface area contributed by atoms with E-state index in [2.05, 4.69) is 102 Å². The van der Waals surface area contributed by atoms with Crippen molar-refractivity contribution in [2.24, 2.45) is 0 Å². The van der Waals surface area contributed by atoms with Gasteiger partial charge in [-0.25, -0.2) is 0 Å². The number of para-hydroxylation sites is 1. The number of hydrogen-bond acceptors (Lipinski definition) is 2. The lowest BCUT2D eigenvalue weighted by atomic mass is 9.93. The van der Waals surface area contributed by atoms with Crippen molar-refractivity contribution in [2.75, 3.05) is 0 Å². The molecule has 0 saturated heterocycles. The minimum atomic E-state index is 0.836. The summed E-state index contributed by atoms with van der Waals surface area (Å²) in [5, 5.41) is 7.76. The summed E-state index contributed by atoms with van der Waals surface area (Å²) in [4.78, 5) is 0. The highest BCUT2D eigenvalue weighted by Gasteiger charge is 2.18. The fourth-order valence-electron chi connectivity index (χ4n) is 5.48. The maximum atomic E-state index is 6.66. The van der Waals surface area contributed by atoms with Gasteiger partial charge in [-0.15, -0.1) is 22.7 Å². The first kappa shape index (κ1) is 18.8. The van der Waals surface area contributed by atoms with Gasteiger partial charge in [-0.1, -0.05) is 66.1 Å². The van der Waals surface area contributed by atoms with Crippen LogP contribution in [0.3, 0.4) is 0 Å². The molecule has 8 aromatic rings. The van der Waals surface area contributed by atoms with Gasteiger partial charge in [0.25, 0.3) is 0 Å². The molecule has 0 atom stereocenters. The lowest BCUT2D eigenvalue weighted by Crippen LogP contribution is -2.05. The fraction of sp³-hybridized carbons (Fsp3) is 0. The van der Waals surface area contributed by atoms with Gasteiger partial charge in [0.15, 0.2) is 0 Å². The highest BCUT2D eigenvalue weighted by molar-refractivity contribution is 7.27. The van der Waals surface area contributed by atoms with Crippen molar-refractivity contribution in [3.8, 4) is 5.69 Å². The number of benzene rings is 5. The zero-order chi connectivity index (χ0) is 22.4. The molecule has 0 amide bonds. The number of thiophene rings is 2. The molecule has 34 heavy (non-hydrogen) atoms. The van der Waals surface area contributed by atoms with E-state index in [1.54, 1.807) is 11.3 Å². The van der Waals surface area contributed by atoms with Crippen LogP contribution in [0.1, 0.15) is 0 Å². The van der Waals surface area contributed by atoms with Crippen molar-refractivity contribution in [3.05, 3.63) is 97.1 Å². The van der Waals surface area contributed by atoms with Crippen molar-refractivity contribution in [1.82, 2.24) is 4.57 Å². The largest absolute Gasteiger partial charge is 0.309 e. The molecule has 3 aromatic heterocycles. The molecule has 2 radical (unpaired) electrons. The molecule has 0 unspecified atom stereocenters. The lowest BCUT2D eigenvalue weighted by Gasteiger charge is -2.10. The monoisotopic (exact) mass is 465 g/mol. The van der Waals surface area contributed by atoms with Crippen LogP contribution in [-0.2, 0) is 0 Å². The molecule has 0 aliphatic heterocycles. The Morgan fingerprint density at radius 2 is 1.18 bits per heavy atom. The number of rotatable bonds is 1. The molecule has 5 aromatic carbocycles. The average molecular weight is 465 g/mol. The smallest absolute Gasteiger partial charge is 0.115 e. The average Bonchev–Trinajstić information content (AvgIpc) is 3.53. The van der Waals surface area contributed by atoms with Gasteiger partial charge >= 0.3 is 0 Å². The van der Waals surface area contributed by atoms with E-state index in [-0.39, 0.29) is 0 Å². The molecule has 8 rings (SSSR count). The van der Waals surface area contributed by atoms with Gasteiger partial charge in [0.05, 0.1) is 11.0 Å². The summed E-state index contributed by atoms with van der Waals surface area (Å²) in [6, 6.07) is 35.0. The molecule has 0 spiro atoms. The molecule has 0 bridgehead atoms. The quantitative estimate of drug-likeness (QED) is 0.215. The van der Waals surface area contributed by atoms with Crippen molar-refractivity contribution in [2.45, 2.75) is 0 Å². The van der Waals surface area contributed by atoms with Crippen molar-refractivity contribution in [1.29, 1.82) is 0 Å². The van der Waals surface area contributed by atoms with Gasteiger partial charge in [0.1, 0.15) is 7.85 Å². The molecule has 0 fully saturated rings. The number of hydrogen-bond donors (Lipinski definition) is 0. The Morgan fingerprint density at radius 1 is 0.529 bits per heavy atom. The molecule has 4 heteroatoms. The standard InChI is InChI=1S/C30H16BNS2/c31-23-16-17(15-22-19-8-3-6-12-27(19)33-29(22)23)32-24-10-4-1-9-21(24)28-25(32)14-13-20-18-7-2-5-11-26(18)34-30(20)28/h1-16H. The Balaban J connectivity index is 1.55. The van der Waals surface area contributed by atoms with E-state index in [4.69, 9.17) is 7.85 Å². The van der Waals surface area contributed by atoms with Gasteiger partial charge in [0.2, 0.25) is 0 Å². The highest BCUT2D eigenvalue weighted by Crippen LogP contribution is 2.43. The van der Waals surface area contributed by atoms with E-state index >= 15 is 0 Å². The number of fused-ring (bicyclic) bond motifs is 10. The first-order chi connectivity index (χ1) is 16.8. The Hall–Kier alpha value is -3.60. The predicted octanol–water partition coefficient (Wildman–Crippen LogP) is 8.31. The van der Waals surface area contributed by atoms with Crippen LogP contribution in [0.5, 0.6) is 0 Å². The third kappa shape index (κ3) is 2.39. The van der Waals surface area contributed by atoms with Crippen molar-refractivity contribution in [3.63, 3.8) is 0 Å². The third-order valence-electron chi connectivity index (χ3n) is 6.93. The first-order valence-electron chi connectivity index (χ1n) is 11.3. The van der Waals surface area contributed by atoms with E-state index in [0.717, 1.165) is 15.9 Å². The van der Waals surface area contributed by atoms with Crippen LogP contribution in [0.4, 0.5) is 0 Å². The van der Waals surface area contributed by atoms with E-state index in [1.165, 1.54) is 57.5 Å². The normalized spacial score (nSPS) is 12.2. The second-order valence-electron chi connectivity index (χ2n) is 8.80. The molecule has 0 N–H and O–H groups in total.